The van der Waals surface area contributed by atoms with E-state index in [1.807, 2.05) is 82.1 Å². The quantitative estimate of drug-likeness (QED) is 0.229. The number of methoxy groups -OCH3 is 1. The molecular weight excluding hydrogens is 422 g/mol. The first kappa shape index (κ1) is 26.3. The fourth-order valence-corrected chi connectivity index (χ4v) is 2.42. The molecule has 0 aliphatic heterocycles. The SMILES string of the molecule is CCOC(=O)/C(=C/[C]1[CH][CH][CH][CH]1)C(=O)NCc1ccc(OC)cc1.[CH]1[CH][CH][CH][CH]1.[Fe+2]. The van der Waals surface area contributed by atoms with E-state index in [4.69, 9.17) is 9.47 Å². The first-order valence-electron chi connectivity index (χ1n) is 9.32. The van der Waals surface area contributed by atoms with E-state index in [1.165, 1.54) is 6.08 Å². The van der Waals surface area contributed by atoms with Gasteiger partial charge >= 0.3 is 23.0 Å². The zero-order chi connectivity index (χ0) is 20.9. The summed E-state index contributed by atoms with van der Waals surface area (Å²) in [6.07, 6.45) is 18.8. The largest absolute Gasteiger partial charge is 2.00 e. The van der Waals surface area contributed by atoms with Crippen LogP contribution in [0.5, 0.6) is 5.75 Å². The molecule has 0 unspecified atom stereocenters. The van der Waals surface area contributed by atoms with Crippen LogP contribution in [0.25, 0.3) is 0 Å². The molecule has 6 heteroatoms. The van der Waals surface area contributed by atoms with Crippen molar-refractivity contribution >= 4 is 11.9 Å². The molecule has 0 spiro atoms. The van der Waals surface area contributed by atoms with E-state index >= 15 is 0 Å². The number of rotatable bonds is 7. The van der Waals surface area contributed by atoms with E-state index in [1.54, 1.807) is 14.0 Å². The molecule has 0 bridgehead atoms. The normalized spacial score (nSPS) is 16.1. The summed E-state index contributed by atoms with van der Waals surface area (Å²) in [5, 5.41) is 2.74. The van der Waals surface area contributed by atoms with Crippen molar-refractivity contribution < 1.29 is 36.1 Å². The smallest absolute Gasteiger partial charge is 0.497 e. The molecule has 1 N–H and O–H groups in total. The third-order valence-corrected chi connectivity index (χ3v) is 3.91. The Balaban J connectivity index is 0.000000655. The van der Waals surface area contributed by atoms with Gasteiger partial charge in [0.2, 0.25) is 0 Å². The molecule has 0 atom stereocenters. The van der Waals surface area contributed by atoms with Crippen LogP contribution in [-0.2, 0) is 37.9 Å². The van der Waals surface area contributed by atoms with Crippen LogP contribution < -0.4 is 10.1 Å². The fourth-order valence-electron chi connectivity index (χ4n) is 2.42. The van der Waals surface area contributed by atoms with Crippen molar-refractivity contribution in [3.63, 3.8) is 0 Å². The topological polar surface area (TPSA) is 64.6 Å². The minimum Gasteiger partial charge on any atom is -0.497 e. The van der Waals surface area contributed by atoms with E-state index in [0.29, 0.717) is 6.54 Å². The molecule has 3 rings (SSSR count). The monoisotopic (exact) mass is 447 g/mol. The van der Waals surface area contributed by atoms with Crippen molar-refractivity contribution in [1.29, 1.82) is 0 Å². The molecule has 156 valence electrons. The second kappa shape index (κ2) is 15.1. The van der Waals surface area contributed by atoms with Gasteiger partial charge in [-0.3, -0.25) is 4.79 Å². The van der Waals surface area contributed by atoms with Crippen LogP contribution in [0.3, 0.4) is 0 Å². The Morgan fingerprint density at radius 1 is 0.933 bits per heavy atom. The number of amides is 1. The maximum absolute atomic E-state index is 12.4. The van der Waals surface area contributed by atoms with E-state index in [2.05, 4.69) is 5.32 Å². The molecule has 0 aromatic heterocycles. The van der Waals surface area contributed by atoms with Gasteiger partial charge in [-0.1, -0.05) is 18.2 Å². The Hall–Kier alpha value is -1.78. The van der Waals surface area contributed by atoms with Crippen LogP contribution in [0.1, 0.15) is 12.5 Å². The number of allylic oxidation sites excluding steroid dienone is 1. The number of carbonyl (C=O) groups is 2. The molecule has 0 saturated heterocycles. The van der Waals surface area contributed by atoms with E-state index in [-0.39, 0.29) is 29.2 Å². The Morgan fingerprint density at radius 2 is 1.50 bits per heavy atom. The van der Waals surface area contributed by atoms with Crippen LogP contribution in [-0.4, -0.2) is 25.6 Å². The van der Waals surface area contributed by atoms with Crippen LogP contribution in [0.2, 0.25) is 0 Å². The number of esters is 1. The Bertz CT molecular complexity index is 655. The Labute approximate surface area is 191 Å². The predicted octanol–water partition coefficient (Wildman–Crippen LogP) is 3.23. The summed E-state index contributed by atoms with van der Waals surface area (Å²) in [4.78, 5) is 24.4. The summed E-state index contributed by atoms with van der Waals surface area (Å²) in [5.41, 5.74) is 0.886. The number of carbonyl (C=O) groups excluding carboxylic acids is 2. The average molecular weight is 447 g/mol. The molecule has 5 nitrogen and oxygen atoms in total. The summed E-state index contributed by atoms with van der Waals surface area (Å²) in [6, 6.07) is 7.33. The molecule has 1 aromatic rings. The molecule has 2 aliphatic carbocycles. The third kappa shape index (κ3) is 9.36. The second-order valence-corrected chi connectivity index (χ2v) is 5.99. The minimum atomic E-state index is -0.633. The number of hydrogen-bond acceptors (Lipinski definition) is 4. The van der Waals surface area contributed by atoms with Crippen LogP contribution in [0, 0.1) is 63.7 Å². The molecule has 2 fully saturated rings. The van der Waals surface area contributed by atoms with Gasteiger partial charge in [-0.05, 0) is 82.4 Å². The maximum Gasteiger partial charge on any atom is 2.00 e. The molecule has 1 aromatic carbocycles. The summed E-state index contributed by atoms with van der Waals surface area (Å²) in [5.74, 6) is 0.419. The number of nitrogens with one attached hydrogen (secondary N) is 1. The predicted molar refractivity (Wildman–Crippen MR) is 111 cm³/mol. The summed E-state index contributed by atoms with van der Waals surface area (Å²) >= 11 is 0. The Morgan fingerprint density at radius 3 is 2.00 bits per heavy atom. The van der Waals surface area contributed by atoms with Crippen molar-refractivity contribution in [3.05, 3.63) is 105 Å². The standard InChI is InChI=1S/C19H20NO4.C5H5.Fe/c1-3-24-19(22)17(12-14-6-4-5-7-14)18(21)20-13-15-8-10-16(23-2)11-9-15;1-2-4-5-3-1;/h4-12H,3,13H2,1-2H3,(H,20,21);1-5H;/q;;+2/b17-12+;;. The van der Waals surface area contributed by atoms with Crippen molar-refractivity contribution in [2.24, 2.45) is 0 Å². The van der Waals surface area contributed by atoms with Gasteiger partial charge in [-0.15, -0.1) is 0 Å². The van der Waals surface area contributed by atoms with Crippen molar-refractivity contribution in [1.82, 2.24) is 5.32 Å². The van der Waals surface area contributed by atoms with Crippen LogP contribution >= 0.6 is 0 Å². The van der Waals surface area contributed by atoms with Gasteiger partial charge in [-0.25, -0.2) is 4.79 Å². The zero-order valence-corrected chi connectivity index (χ0v) is 18.1. The van der Waals surface area contributed by atoms with Gasteiger partial charge in [0.15, 0.2) is 0 Å². The fraction of sp³-hybridized carbons (Fsp3) is 0.167. The number of hydrogen-bond donors (Lipinski definition) is 1. The van der Waals surface area contributed by atoms with Gasteiger partial charge in [0, 0.05) is 12.5 Å². The van der Waals surface area contributed by atoms with Crippen molar-refractivity contribution in [2.45, 2.75) is 13.5 Å². The van der Waals surface area contributed by atoms with E-state index in [0.717, 1.165) is 17.2 Å². The average Bonchev–Trinajstić information content (AvgIpc) is 3.47. The minimum absolute atomic E-state index is 0. The molecule has 2 aliphatic rings. The molecule has 1 amide bonds. The van der Waals surface area contributed by atoms with Gasteiger partial charge in [0.25, 0.3) is 5.91 Å². The van der Waals surface area contributed by atoms with Crippen molar-refractivity contribution in [2.75, 3.05) is 13.7 Å². The second-order valence-electron chi connectivity index (χ2n) is 5.99. The van der Waals surface area contributed by atoms with E-state index in [9.17, 15) is 9.59 Å². The first-order chi connectivity index (χ1) is 14.1. The number of benzene rings is 1. The van der Waals surface area contributed by atoms with Gasteiger partial charge in [0.05, 0.1) is 13.7 Å². The van der Waals surface area contributed by atoms with Gasteiger partial charge in [-0.2, -0.15) is 0 Å². The molecule has 0 heterocycles. The van der Waals surface area contributed by atoms with Gasteiger partial charge < -0.3 is 14.8 Å². The van der Waals surface area contributed by atoms with Gasteiger partial charge in [0.1, 0.15) is 11.3 Å². The third-order valence-electron chi connectivity index (χ3n) is 3.91. The summed E-state index contributed by atoms with van der Waals surface area (Å²) in [6.45, 7) is 2.22. The molecule has 2 saturated carbocycles. The first-order valence-corrected chi connectivity index (χ1v) is 9.32. The summed E-state index contributed by atoms with van der Waals surface area (Å²) < 4.78 is 10.1. The van der Waals surface area contributed by atoms with Crippen LogP contribution in [0.4, 0.5) is 0 Å². The number of ether oxygens (including phenoxy) is 2. The summed E-state index contributed by atoms with van der Waals surface area (Å²) in [7, 11) is 1.59. The maximum atomic E-state index is 12.4. The zero-order valence-electron chi connectivity index (χ0n) is 17.0. The Kier molecular flexibility index (Phi) is 13.2. The molecule has 30 heavy (non-hydrogen) atoms. The van der Waals surface area contributed by atoms with E-state index < -0.39 is 11.9 Å². The molecule has 10 radical (unpaired) electrons. The van der Waals surface area contributed by atoms with Crippen molar-refractivity contribution in [3.8, 4) is 5.75 Å². The molecular formula is C24H25FeNO4+2. The van der Waals surface area contributed by atoms with Crippen LogP contribution in [0.15, 0.2) is 35.9 Å².